The normalized spacial score (nSPS) is 12.2. The Labute approximate surface area is 138 Å². The molecular weight excluding hydrogens is 314 g/mol. The first kappa shape index (κ1) is 17.8. The van der Waals surface area contributed by atoms with Crippen molar-refractivity contribution >= 4 is 5.91 Å². The quantitative estimate of drug-likeness (QED) is 0.749. The van der Waals surface area contributed by atoms with E-state index in [0.29, 0.717) is 41.8 Å². The molecule has 0 spiro atoms. The van der Waals surface area contributed by atoms with Gasteiger partial charge in [0.05, 0.1) is 13.0 Å². The Bertz CT molecular complexity index is 767. The smallest absolute Gasteiger partial charge is 0.254 e. The van der Waals surface area contributed by atoms with E-state index in [-0.39, 0.29) is 17.9 Å². The van der Waals surface area contributed by atoms with Crippen molar-refractivity contribution in [3.63, 3.8) is 0 Å². The number of carbonyl (C=O) groups excluding carboxylic acids is 1. The average molecular weight is 335 g/mol. The molecule has 24 heavy (non-hydrogen) atoms. The largest absolute Gasteiger partial charge is 0.384 e. The highest BCUT2D eigenvalue weighted by Gasteiger charge is 2.18. The van der Waals surface area contributed by atoms with Crippen molar-refractivity contribution < 1.29 is 14.1 Å². The van der Waals surface area contributed by atoms with Crippen molar-refractivity contribution in [1.82, 2.24) is 25.4 Å². The van der Waals surface area contributed by atoms with Gasteiger partial charge in [-0.3, -0.25) is 9.59 Å². The van der Waals surface area contributed by atoms with E-state index < -0.39 is 6.04 Å². The summed E-state index contributed by atoms with van der Waals surface area (Å²) in [6, 6.07) is -0.459. The van der Waals surface area contributed by atoms with Crippen molar-refractivity contribution in [2.45, 2.75) is 39.7 Å². The fraction of sp³-hybridized carbons (Fsp3) is 0.533. The molecule has 9 heteroatoms. The number of rotatable bonds is 7. The summed E-state index contributed by atoms with van der Waals surface area (Å²) >= 11 is 0. The Morgan fingerprint density at radius 1 is 1.38 bits per heavy atom. The van der Waals surface area contributed by atoms with Crippen LogP contribution in [-0.4, -0.2) is 39.7 Å². The van der Waals surface area contributed by atoms with Gasteiger partial charge in [0.15, 0.2) is 5.82 Å². The van der Waals surface area contributed by atoms with Crippen LogP contribution in [0.3, 0.4) is 0 Å². The molecule has 2 aromatic rings. The van der Waals surface area contributed by atoms with Gasteiger partial charge in [-0.05, 0) is 20.8 Å². The van der Waals surface area contributed by atoms with Gasteiger partial charge in [-0.2, -0.15) is 4.98 Å². The maximum absolute atomic E-state index is 12.2. The van der Waals surface area contributed by atoms with Crippen molar-refractivity contribution in [2.24, 2.45) is 0 Å². The second-order valence-corrected chi connectivity index (χ2v) is 5.47. The summed E-state index contributed by atoms with van der Waals surface area (Å²) in [5, 5.41) is 6.56. The molecule has 0 aromatic carbocycles. The molecule has 2 rings (SSSR count). The van der Waals surface area contributed by atoms with Crippen LogP contribution in [0.15, 0.2) is 9.32 Å². The molecule has 0 bridgehead atoms. The van der Waals surface area contributed by atoms with Gasteiger partial charge in [0.1, 0.15) is 11.9 Å². The highest BCUT2D eigenvalue weighted by molar-refractivity contribution is 5.79. The molecule has 130 valence electrons. The molecule has 2 heterocycles. The minimum Gasteiger partial charge on any atom is -0.384 e. The van der Waals surface area contributed by atoms with Gasteiger partial charge in [-0.15, -0.1) is 0 Å². The summed E-state index contributed by atoms with van der Waals surface area (Å²) in [6.45, 7) is 5.61. The molecule has 0 aliphatic carbocycles. The monoisotopic (exact) mass is 335 g/mol. The number of aromatic amines is 1. The minimum atomic E-state index is -0.459. The van der Waals surface area contributed by atoms with Crippen LogP contribution in [0.1, 0.15) is 41.8 Å². The van der Waals surface area contributed by atoms with Crippen LogP contribution in [0.2, 0.25) is 0 Å². The fourth-order valence-electron chi connectivity index (χ4n) is 2.21. The Kier molecular flexibility index (Phi) is 5.80. The number of amides is 1. The first-order valence-electron chi connectivity index (χ1n) is 7.58. The molecule has 2 N–H and O–H groups in total. The molecule has 1 amide bonds. The zero-order valence-corrected chi connectivity index (χ0v) is 14.2. The van der Waals surface area contributed by atoms with Crippen molar-refractivity contribution in [3.05, 3.63) is 39.2 Å². The third kappa shape index (κ3) is 4.48. The van der Waals surface area contributed by atoms with Crippen LogP contribution < -0.4 is 10.9 Å². The fourth-order valence-corrected chi connectivity index (χ4v) is 2.21. The molecule has 1 atom stereocenters. The number of nitrogens with zero attached hydrogens (tertiary/aromatic N) is 3. The summed E-state index contributed by atoms with van der Waals surface area (Å²) in [4.78, 5) is 35.1. The van der Waals surface area contributed by atoms with Crippen LogP contribution in [-0.2, 0) is 22.4 Å². The standard InChI is InChI=1S/C15H21N5O4/c1-8-11(14(22)18-10(3)16-8)7-13(21)17-9(2)15-19-12(20-24-15)5-6-23-4/h9H,5-7H2,1-4H3,(H,17,21)(H,16,18,22)/t9-/m0/s1. The molecule has 0 saturated carbocycles. The van der Waals surface area contributed by atoms with Gasteiger partial charge >= 0.3 is 0 Å². The van der Waals surface area contributed by atoms with E-state index in [0.717, 1.165) is 0 Å². The molecule has 0 aliphatic rings. The molecule has 0 unspecified atom stereocenters. The summed E-state index contributed by atoms with van der Waals surface area (Å²) in [5.74, 6) is 1.02. The van der Waals surface area contributed by atoms with Gasteiger partial charge in [-0.1, -0.05) is 5.16 Å². The summed E-state index contributed by atoms with van der Waals surface area (Å²) < 4.78 is 10.1. The summed E-state index contributed by atoms with van der Waals surface area (Å²) in [6.07, 6.45) is 0.466. The number of H-pyrrole nitrogens is 1. The summed E-state index contributed by atoms with van der Waals surface area (Å²) in [5.41, 5.74) is 0.581. The van der Waals surface area contributed by atoms with Crippen molar-refractivity contribution in [1.29, 1.82) is 0 Å². The second kappa shape index (κ2) is 7.82. The Balaban J connectivity index is 1.99. The average Bonchev–Trinajstić information content (AvgIpc) is 2.97. The van der Waals surface area contributed by atoms with E-state index in [1.807, 2.05) is 0 Å². The zero-order chi connectivity index (χ0) is 17.7. The van der Waals surface area contributed by atoms with E-state index in [2.05, 4.69) is 25.4 Å². The van der Waals surface area contributed by atoms with Crippen molar-refractivity contribution in [2.75, 3.05) is 13.7 Å². The maximum atomic E-state index is 12.2. The lowest BCUT2D eigenvalue weighted by atomic mass is 10.1. The zero-order valence-electron chi connectivity index (χ0n) is 14.2. The van der Waals surface area contributed by atoms with Gasteiger partial charge in [-0.25, -0.2) is 4.98 Å². The number of aryl methyl sites for hydroxylation is 2. The Hall–Kier alpha value is -2.55. The van der Waals surface area contributed by atoms with E-state index in [1.165, 1.54) is 0 Å². The maximum Gasteiger partial charge on any atom is 0.254 e. The number of hydrogen-bond acceptors (Lipinski definition) is 7. The lowest BCUT2D eigenvalue weighted by molar-refractivity contribution is -0.121. The SMILES string of the molecule is COCCc1noc([C@H](C)NC(=O)Cc2c(C)nc(C)[nH]c2=O)n1. The highest BCUT2D eigenvalue weighted by Crippen LogP contribution is 2.10. The number of carbonyl (C=O) groups is 1. The molecule has 0 aliphatic heterocycles. The molecule has 0 fully saturated rings. The molecular formula is C15H21N5O4. The predicted molar refractivity (Wildman–Crippen MR) is 84.5 cm³/mol. The van der Waals surface area contributed by atoms with Gasteiger partial charge in [0, 0.05) is 24.8 Å². The predicted octanol–water partition coefficient (Wildman–Crippen LogP) is 0.379. The lowest BCUT2D eigenvalue weighted by Gasteiger charge is -2.10. The molecule has 2 aromatic heterocycles. The Morgan fingerprint density at radius 2 is 2.12 bits per heavy atom. The molecule has 0 radical (unpaired) electrons. The number of nitrogens with one attached hydrogen (secondary N) is 2. The van der Waals surface area contributed by atoms with E-state index in [1.54, 1.807) is 27.9 Å². The molecule has 9 nitrogen and oxygen atoms in total. The first-order valence-corrected chi connectivity index (χ1v) is 7.58. The van der Waals surface area contributed by atoms with Crippen LogP contribution >= 0.6 is 0 Å². The van der Waals surface area contributed by atoms with Gasteiger partial charge < -0.3 is 19.6 Å². The number of hydrogen-bond donors (Lipinski definition) is 2. The van der Waals surface area contributed by atoms with Gasteiger partial charge in [0.25, 0.3) is 5.56 Å². The first-order chi connectivity index (χ1) is 11.4. The van der Waals surface area contributed by atoms with Crippen molar-refractivity contribution in [3.8, 4) is 0 Å². The highest BCUT2D eigenvalue weighted by atomic mass is 16.5. The van der Waals surface area contributed by atoms with Crippen LogP contribution in [0.25, 0.3) is 0 Å². The van der Waals surface area contributed by atoms with Crippen LogP contribution in [0.5, 0.6) is 0 Å². The van der Waals surface area contributed by atoms with E-state index in [9.17, 15) is 9.59 Å². The third-order valence-electron chi connectivity index (χ3n) is 3.44. The van der Waals surface area contributed by atoms with Crippen LogP contribution in [0, 0.1) is 13.8 Å². The minimum absolute atomic E-state index is 0.0660. The Morgan fingerprint density at radius 3 is 2.79 bits per heavy atom. The lowest BCUT2D eigenvalue weighted by Crippen LogP contribution is -2.31. The van der Waals surface area contributed by atoms with Gasteiger partial charge in [0.2, 0.25) is 11.8 Å². The topological polar surface area (TPSA) is 123 Å². The number of aromatic nitrogens is 4. The van der Waals surface area contributed by atoms with E-state index >= 15 is 0 Å². The second-order valence-electron chi connectivity index (χ2n) is 5.47. The molecule has 0 saturated heterocycles. The number of methoxy groups -OCH3 is 1. The summed E-state index contributed by atoms with van der Waals surface area (Å²) in [7, 11) is 1.59. The third-order valence-corrected chi connectivity index (χ3v) is 3.44. The number of ether oxygens (including phenoxy) is 1. The van der Waals surface area contributed by atoms with E-state index in [4.69, 9.17) is 9.26 Å². The van der Waals surface area contributed by atoms with Crippen LogP contribution in [0.4, 0.5) is 0 Å².